The van der Waals surface area contributed by atoms with Gasteiger partial charge in [0.15, 0.2) is 0 Å². The number of aryl methyl sites for hydroxylation is 2. The van der Waals surface area contributed by atoms with Crippen LogP contribution in [0.1, 0.15) is 34.7 Å². The number of hydrogen-bond acceptors (Lipinski definition) is 6. The van der Waals surface area contributed by atoms with E-state index < -0.39 is 11.5 Å². The quantitative estimate of drug-likeness (QED) is 0.743. The molecule has 0 fully saturated rings. The molecule has 0 saturated heterocycles. The summed E-state index contributed by atoms with van der Waals surface area (Å²) in [6, 6.07) is 5.17. The molecule has 120 valence electrons. The largest absolute Gasteiger partial charge is 0.466 e. The van der Waals surface area contributed by atoms with Crippen LogP contribution in [0.5, 0.6) is 0 Å². The number of nitrogens with one attached hydrogen (secondary N) is 1. The Morgan fingerprint density at radius 2 is 2.22 bits per heavy atom. The monoisotopic (exact) mass is 315 g/mol. The zero-order chi connectivity index (χ0) is 16.6. The third-order valence-electron chi connectivity index (χ3n) is 3.47. The van der Waals surface area contributed by atoms with Gasteiger partial charge in [0, 0.05) is 11.4 Å². The molecule has 0 bridgehead atoms. The van der Waals surface area contributed by atoms with Gasteiger partial charge >= 0.3 is 0 Å². The van der Waals surface area contributed by atoms with Crippen LogP contribution < -0.4 is 5.32 Å². The van der Waals surface area contributed by atoms with Crippen molar-refractivity contribution in [2.75, 3.05) is 6.54 Å². The molecule has 1 amide bonds. The molecule has 8 nitrogen and oxygen atoms in total. The van der Waals surface area contributed by atoms with Crippen molar-refractivity contribution in [1.82, 2.24) is 24.9 Å². The van der Waals surface area contributed by atoms with E-state index in [1.165, 1.54) is 10.8 Å². The highest BCUT2D eigenvalue weighted by atomic mass is 16.4. The van der Waals surface area contributed by atoms with Crippen molar-refractivity contribution in [3.05, 3.63) is 47.4 Å². The number of fused-ring (bicyclic) bond motifs is 1. The molecule has 2 N–H and O–H groups in total. The molecule has 3 aromatic heterocycles. The van der Waals surface area contributed by atoms with E-state index in [0.29, 0.717) is 11.5 Å². The minimum Gasteiger partial charge on any atom is -0.466 e. The normalized spacial score (nSPS) is 13.9. The van der Waals surface area contributed by atoms with Crippen LogP contribution in [0.25, 0.3) is 5.78 Å². The summed E-state index contributed by atoms with van der Waals surface area (Å²) in [6.07, 6.45) is 1.46. The minimum atomic E-state index is -1.32. The number of aromatic nitrogens is 4. The molecule has 0 aliphatic carbocycles. The maximum absolute atomic E-state index is 12.2. The molecule has 0 radical (unpaired) electrons. The molecule has 8 heteroatoms. The fourth-order valence-corrected chi connectivity index (χ4v) is 2.27. The first-order valence-electron chi connectivity index (χ1n) is 7.12. The van der Waals surface area contributed by atoms with E-state index in [9.17, 15) is 9.90 Å². The molecular weight excluding hydrogens is 298 g/mol. The highest BCUT2D eigenvalue weighted by Crippen LogP contribution is 2.19. The summed E-state index contributed by atoms with van der Waals surface area (Å²) in [5, 5.41) is 17.1. The third kappa shape index (κ3) is 2.93. The van der Waals surface area contributed by atoms with Gasteiger partial charge in [0.1, 0.15) is 11.4 Å². The van der Waals surface area contributed by atoms with Crippen molar-refractivity contribution in [2.24, 2.45) is 0 Å². The third-order valence-corrected chi connectivity index (χ3v) is 3.47. The molecule has 0 spiro atoms. The van der Waals surface area contributed by atoms with Gasteiger partial charge in [0.2, 0.25) is 5.82 Å². The van der Waals surface area contributed by atoms with Gasteiger partial charge in [-0.05, 0) is 39.0 Å². The zero-order valence-corrected chi connectivity index (χ0v) is 13.1. The Morgan fingerprint density at radius 1 is 1.43 bits per heavy atom. The van der Waals surface area contributed by atoms with Crippen molar-refractivity contribution in [3.8, 4) is 0 Å². The van der Waals surface area contributed by atoms with Crippen molar-refractivity contribution in [2.45, 2.75) is 26.4 Å². The molecule has 1 unspecified atom stereocenters. The molecule has 3 aromatic rings. The Bertz CT molecular complexity index is 852. The van der Waals surface area contributed by atoms with Gasteiger partial charge in [-0.1, -0.05) is 0 Å². The molecule has 0 aliphatic heterocycles. The summed E-state index contributed by atoms with van der Waals surface area (Å²) < 4.78 is 6.67. The Balaban J connectivity index is 1.77. The van der Waals surface area contributed by atoms with Crippen molar-refractivity contribution in [1.29, 1.82) is 0 Å². The Morgan fingerprint density at radius 3 is 2.91 bits per heavy atom. The topological polar surface area (TPSA) is 106 Å². The maximum Gasteiger partial charge on any atom is 0.291 e. The van der Waals surface area contributed by atoms with Crippen LogP contribution in [-0.2, 0) is 5.60 Å². The number of hydrogen-bond donors (Lipinski definition) is 2. The molecule has 0 aromatic carbocycles. The van der Waals surface area contributed by atoms with E-state index in [0.717, 1.165) is 11.4 Å². The number of rotatable bonds is 4. The first-order chi connectivity index (χ1) is 10.9. The summed E-state index contributed by atoms with van der Waals surface area (Å²) in [4.78, 5) is 20.6. The predicted molar refractivity (Wildman–Crippen MR) is 80.9 cm³/mol. The smallest absolute Gasteiger partial charge is 0.291 e. The van der Waals surface area contributed by atoms with Gasteiger partial charge in [-0.2, -0.15) is 4.98 Å². The summed E-state index contributed by atoms with van der Waals surface area (Å²) in [6.45, 7) is 5.24. The van der Waals surface area contributed by atoms with Crippen molar-refractivity contribution < 1.29 is 14.3 Å². The molecule has 3 rings (SSSR count). The predicted octanol–water partition coefficient (Wildman–Crippen LogP) is 0.972. The van der Waals surface area contributed by atoms with Crippen LogP contribution in [0.15, 0.2) is 28.9 Å². The van der Waals surface area contributed by atoms with E-state index in [4.69, 9.17) is 4.42 Å². The van der Waals surface area contributed by atoms with Crippen LogP contribution in [0.2, 0.25) is 0 Å². The Hall–Kier alpha value is -2.74. The number of aliphatic hydroxyl groups is 1. The van der Waals surface area contributed by atoms with E-state index >= 15 is 0 Å². The molecular formula is C15H17N5O3. The second kappa shape index (κ2) is 5.47. The Labute approximate surface area is 132 Å². The maximum atomic E-state index is 12.2. The van der Waals surface area contributed by atoms with Crippen LogP contribution in [-0.4, -0.2) is 37.1 Å². The lowest BCUT2D eigenvalue weighted by Crippen LogP contribution is -2.38. The lowest BCUT2D eigenvalue weighted by atomic mass is 10.0. The molecule has 3 heterocycles. The molecule has 23 heavy (non-hydrogen) atoms. The fourth-order valence-electron chi connectivity index (χ4n) is 2.27. The van der Waals surface area contributed by atoms with Gasteiger partial charge < -0.3 is 14.8 Å². The van der Waals surface area contributed by atoms with Gasteiger partial charge in [-0.15, -0.1) is 5.10 Å². The number of furan rings is 1. The standard InChI is InChI=1S/C15H17N5O3/c1-9-7-10(2)20-14(17-9)18-12(19-20)13(21)16-8-15(3,22)11-5-4-6-23-11/h4-7,22H,8H2,1-3H3,(H,16,21). The first kappa shape index (κ1) is 15.2. The van der Waals surface area contributed by atoms with Crippen molar-refractivity contribution >= 4 is 11.7 Å². The highest BCUT2D eigenvalue weighted by molar-refractivity contribution is 5.90. The van der Waals surface area contributed by atoms with Gasteiger partial charge in [0.05, 0.1) is 12.8 Å². The second-order valence-corrected chi connectivity index (χ2v) is 5.62. The van der Waals surface area contributed by atoms with Gasteiger partial charge in [0.25, 0.3) is 11.7 Å². The van der Waals surface area contributed by atoms with E-state index in [1.54, 1.807) is 19.1 Å². The first-order valence-corrected chi connectivity index (χ1v) is 7.12. The fraction of sp³-hybridized carbons (Fsp3) is 0.333. The molecule has 1 atom stereocenters. The van der Waals surface area contributed by atoms with E-state index in [-0.39, 0.29) is 12.4 Å². The SMILES string of the molecule is Cc1cc(C)n2nc(C(=O)NCC(C)(O)c3ccco3)nc2n1. The average Bonchev–Trinajstić information content (AvgIpc) is 3.14. The van der Waals surface area contributed by atoms with E-state index in [2.05, 4.69) is 20.4 Å². The van der Waals surface area contributed by atoms with Gasteiger partial charge in [-0.3, -0.25) is 4.79 Å². The molecule has 0 saturated carbocycles. The highest BCUT2D eigenvalue weighted by Gasteiger charge is 2.27. The van der Waals surface area contributed by atoms with Crippen molar-refractivity contribution in [3.63, 3.8) is 0 Å². The van der Waals surface area contributed by atoms with Crippen LogP contribution in [0.4, 0.5) is 0 Å². The second-order valence-electron chi connectivity index (χ2n) is 5.62. The summed E-state index contributed by atoms with van der Waals surface area (Å²) >= 11 is 0. The number of carbonyl (C=O) groups is 1. The zero-order valence-electron chi connectivity index (χ0n) is 13.1. The Kier molecular flexibility index (Phi) is 3.61. The minimum absolute atomic E-state index is 0.00134. The lowest BCUT2D eigenvalue weighted by Gasteiger charge is -2.20. The van der Waals surface area contributed by atoms with E-state index in [1.807, 2.05) is 19.9 Å². The average molecular weight is 315 g/mol. The molecule has 0 aliphatic rings. The van der Waals surface area contributed by atoms with Crippen LogP contribution >= 0.6 is 0 Å². The van der Waals surface area contributed by atoms with Gasteiger partial charge in [-0.25, -0.2) is 9.50 Å². The number of nitrogens with zero attached hydrogens (tertiary/aromatic N) is 4. The lowest BCUT2D eigenvalue weighted by molar-refractivity contribution is 0.0328. The van der Waals surface area contributed by atoms with Crippen LogP contribution in [0.3, 0.4) is 0 Å². The number of amides is 1. The summed E-state index contributed by atoms with van der Waals surface area (Å²) in [5.41, 5.74) is 0.319. The van der Waals surface area contributed by atoms with Crippen LogP contribution in [0, 0.1) is 13.8 Å². The number of carbonyl (C=O) groups excluding carboxylic acids is 1. The summed E-state index contributed by atoms with van der Waals surface area (Å²) in [5.74, 6) is 0.250. The summed E-state index contributed by atoms with van der Waals surface area (Å²) in [7, 11) is 0.